The van der Waals surface area contributed by atoms with E-state index in [1.807, 2.05) is 25.3 Å². The van der Waals surface area contributed by atoms with Gasteiger partial charge in [-0.25, -0.2) is 4.98 Å². The molecule has 0 fully saturated rings. The summed E-state index contributed by atoms with van der Waals surface area (Å²) in [5, 5.41) is 9.88. The number of hydrogen-bond acceptors (Lipinski definition) is 3. The van der Waals surface area contributed by atoms with Gasteiger partial charge in [0, 0.05) is 30.9 Å². The Hall–Kier alpha value is -1.88. The summed E-state index contributed by atoms with van der Waals surface area (Å²) in [5.41, 5.74) is 1.74. The van der Waals surface area contributed by atoms with Gasteiger partial charge in [0.2, 0.25) is 5.91 Å². The Kier molecular flexibility index (Phi) is 3.94. The smallest absolute Gasteiger partial charge is 0.227 e. The average Bonchev–Trinajstić information content (AvgIpc) is 2.79. The Balaban J connectivity index is 2.16. The molecule has 0 aliphatic carbocycles. The number of aromatic nitrogens is 2. The number of rotatable bonds is 5. The highest BCUT2D eigenvalue weighted by Crippen LogP contribution is 2.16. The molecule has 0 radical (unpaired) electrons. The Morgan fingerprint density at radius 3 is 3.11 bits per heavy atom. The van der Waals surface area contributed by atoms with Crippen molar-refractivity contribution in [1.29, 1.82) is 0 Å². The number of H-pyrrole nitrogens is 1. The quantitative estimate of drug-likeness (QED) is 0.826. The number of aromatic amines is 1. The van der Waals surface area contributed by atoms with Crippen LogP contribution in [0.5, 0.6) is 0 Å². The van der Waals surface area contributed by atoms with E-state index >= 15 is 0 Å². The molecule has 2 rings (SSSR count). The van der Waals surface area contributed by atoms with Gasteiger partial charge < -0.3 is 15.0 Å². The van der Waals surface area contributed by atoms with Gasteiger partial charge in [0.25, 0.3) is 0 Å². The summed E-state index contributed by atoms with van der Waals surface area (Å²) < 4.78 is 0. The molecule has 0 aliphatic rings. The first kappa shape index (κ1) is 12.6. The van der Waals surface area contributed by atoms with Crippen molar-refractivity contribution in [2.24, 2.45) is 0 Å². The first-order chi connectivity index (χ1) is 8.76. The molecule has 5 nitrogen and oxygen atoms in total. The fraction of sp³-hybridized carbons (Fsp3) is 0.385. The lowest BCUT2D eigenvalue weighted by Gasteiger charge is -2.19. The number of pyridine rings is 1. The number of carbonyl (C=O) groups excluding carboxylic acids is 1. The summed E-state index contributed by atoms with van der Waals surface area (Å²) in [6, 6.07) is 3.80. The molecule has 0 saturated carbocycles. The molecule has 0 aromatic carbocycles. The number of nitrogens with one attached hydrogen (secondary N) is 1. The summed E-state index contributed by atoms with van der Waals surface area (Å²) in [7, 11) is 0. The van der Waals surface area contributed by atoms with Crippen LogP contribution in [0.25, 0.3) is 11.0 Å². The van der Waals surface area contributed by atoms with Crippen LogP contribution in [0.1, 0.15) is 12.5 Å². The second kappa shape index (κ2) is 5.64. The van der Waals surface area contributed by atoms with Crippen LogP contribution in [0, 0.1) is 0 Å². The highest BCUT2D eigenvalue weighted by atomic mass is 16.3. The van der Waals surface area contributed by atoms with E-state index in [1.165, 1.54) is 0 Å². The molecular weight excluding hydrogens is 230 g/mol. The van der Waals surface area contributed by atoms with Gasteiger partial charge in [0.1, 0.15) is 5.65 Å². The summed E-state index contributed by atoms with van der Waals surface area (Å²) in [4.78, 5) is 20.9. The van der Waals surface area contributed by atoms with Crippen LogP contribution in [0.3, 0.4) is 0 Å². The molecule has 18 heavy (non-hydrogen) atoms. The molecule has 0 bridgehead atoms. The number of aliphatic hydroxyl groups is 1. The number of aliphatic hydroxyl groups excluding tert-OH is 1. The van der Waals surface area contributed by atoms with E-state index in [0.717, 1.165) is 16.6 Å². The molecule has 2 aromatic rings. The second-order valence-electron chi connectivity index (χ2n) is 4.09. The topological polar surface area (TPSA) is 69.2 Å². The SMILES string of the molecule is CCN(CCO)C(=O)Cc1c[nH]c2ncccc12. The molecule has 2 aromatic heterocycles. The minimum Gasteiger partial charge on any atom is -0.395 e. The van der Waals surface area contributed by atoms with Gasteiger partial charge in [-0.3, -0.25) is 4.79 Å². The van der Waals surface area contributed by atoms with Crippen molar-refractivity contribution >= 4 is 16.9 Å². The van der Waals surface area contributed by atoms with Crippen molar-refractivity contribution in [1.82, 2.24) is 14.9 Å². The third kappa shape index (κ3) is 2.51. The van der Waals surface area contributed by atoms with E-state index in [-0.39, 0.29) is 12.5 Å². The lowest BCUT2D eigenvalue weighted by Crippen LogP contribution is -2.34. The molecule has 0 saturated heterocycles. The normalized spacial score (nSPS) is 10.8. The number of fused-ring (bicyclic) bond motifs is 1. The van der Waals surface area contributed by atoms with E-state index in [0.29, 0.717) is 19.5 Å². The molecule has 1 amide bonds. The van der Waals surface area contributed by atoms with Gasteiger partial charge in [-0.15, -0.1) is 0 Å². The van der Waals surface area contributed by atoms with Crippen LogP contribution >= 0.6 is 0 Å². The monoisotopic (exact) mass is 247 g/mol. The number of nitrogens with zero attached hydrogens (tertiary/aromatic N) is 2. The zero-order chi connectivity index (χ0) is 13.0. The summed E-state index contributed by atoms with van der Waals surface area (Å²) in [6.45, 7) is 2.90. The number of carbonyl (C=O) groups is 1. The van der Waals surface area contributed by atoms with Gasteiger partial charge in [-0.1, -0.05) is 0 Å². The van der Waals surface area contributed by atoms with Gasteiger partial charge in [0.15, 0.2) is 0 Å². The van der Waals surface area contributed by atoms with Crippen molar-refractivity contribution in [3.8, 4) is 0 Å². The maximum atomic E-state index is 12.1. The molecule has 5 heteroatoms. The zero-order valence-corrected chi connectivity index (χ0v) is 10.4. The zero-order valence-electron chi connectivity index (χ0n) is 10.4. The van der Waals surface area contributed by atoms with E-state index in [1.54, 1.807) is 11.1 Å². The second-order valence-corrected chi connectivity index (χ2v) is 4.09. The van der Waals surface area contributed by atoms with Crippen molar-refractivity contribution in [3.63, 3.8) is 0 Å². The third-order valence-corrected chi connectivity index (χ3v) is 2.98. The first-order valence-electron chi connectivity index (χ1n) is 6.06. The lowest BCUT2D eigenvalue weighted by atomic mass is 10.1. The molecule has 0 spiro atoms. The minimum atomic E-state index is -0.00494. The molecule has 0 unspecified atom stereocenters. The van der Waals surface area contributed by atoms with Crippen LogP contribution in [-0.4, -0.2) is 45.6 Å². The number of hydrogen-bond donors (Lipinski definition) is 2. The standard InChI is InChI=1S/C13H17N3O2/c1-2-16(6-7-17)12(18)8-10-9-15-13-11(10)4-3-5-14-13/h3-5,9,17H,2,6-8H2,1H3,(H,14,15). The largest absolute Gasteiger partial charge is 0.395 e. The van der Waals surface area contributed by atoms with Crippen LogP contribution < -0.4 is 0 Å². The van der Waals surface area contributed by atoms with Crippen LogP contribution in [0.4, 0.5) is 0 Å². The maximum Gasteiger partial charge on any atom is 0.227 e. The van der Waals surface area contributed by atoms with E-state index in [9.17, 15) is 4.79 Å². The van der Waals surface area contributed by atoms with Crippen LogP contribution in [-0.2, 0) is 11.2 Å². The molecule has 0 aliphatic heterocycles. The fourth-order valence-corrected chi connectivity index (χ4v) is 2.01. The Labute approximate surface area is 105 Å². The first-order valence-corrected chi connectivity index (χ1v) is 6.06. The summed E-state index contributed by atoms with van der Waals surface area (Å²) in [5.74, 6) is 0.0244. The highest BCUT2D eigenvalue weighted by Gasteiger charge is 2.14. The summed E-state index contributed by atoms with van der Waals surface area (Å²) in [6.07, 6.45) is 3.87. The lowest BCUT2D eigenvalue weighted by molar-refractivity contribution is -0.130. The summed E-state index contributed by atoms with van der Waals surface area (Å²) >= 11 is 0. The van der Waals surface area contributed by atoms with E-state index in [4.69, 9.17) is 5.11 Å². The maximum absolute atomic E-state index is 12.1. The highest BCUT2D eigenvalue weighted by molar-refractivity contribution is 5.87. The molecule has 0 atom stereocenters. The predicted octanol–water partition coefficient (Wildman–Crippen LogP) is 0.946. The van der Waals surface area contributed by atoms with Crippen molar-refractivity contribution in [2.45, 2.75) is 13.3 Å². The van der Waals surface area contributed by atoms with E-state index in [2.05, 4.69) is 9.97 Å². The minimum absolute atomic E-state index is 0.00494. The van der Waals surface area contributed by atoms with Crippen LogP contribution in [0.2, 0.25) is 0 Å². The predicted molar refractivity (Wildman–Crippen MR) is 69.1 cm³/mol. The Morgan fingerprint density at radius 1 is 1.56 bits per heavy atom. The molecule has 2 N–H and O–H groups in total. The Morgan fingerprint density at radius 2 is 2.39 bits per heavy atom. The van der Waals surface area contributed by atoms with Gasteiger partial charge in [-0.2, -0.15) is 0 Å². The van der Waals surface area contributed by atoms with Crippen molar-refractivity contribution < 1.29 is 9.90 Å². The average molecular weight is 247 g/mol. The van der Waals surface area contributed by atoms with Crippen LogP contribution in [0.15, 0.2) is 24.5 Å². The third-order valence-electron chi connectivity index (χ3n) is 2.98. The van der Waals surface area contributed by atoms with Gasteiger partial charge in [0.05, 0.1) is 13.0 Å². The van der Waals surface area contributed by atoms with Gasteiger partial charge in [-0.05, 0) is 24.6 Å². The Bertz CT molecular complexity index is 536. The van der Waals surface area contributed by atoms with Crippen molar-refractivity contribution in [3.05, 3.63) is 30.1 Å². The molecular formula is C13H17N3O2. The van der Waals surface area contributed by atoms with Gasteiger partial charge >= 0.3 is 0 Å². The fourth-order valence-electron chi connectivity index (χ4n) is 2.01. The number of likely N-dealkylation sites (N-methyl/N-ethyl adjacent to an activating group) is 1. The molecule has 2 heterocycles. The molecule has 96 valence electrons. The van der Waals surface area contributed by atoms with Crippen molar-refractivity contribution in [2.75, 3.05) is 19.7 Å². The van der Waals surface area contributed by atoms with E-state index < -0.39 is 0 Å². The number of amides is 1.